The van der Waals surface area contributed by atoms with Gasteiger partial charge in [0, 0.05) is 18.7 Å². The average Bonchev–Trinajstić information content (AvgIpc) is 3.50. The van der Waals surface area contributed by atoms with Gasteiger partial charge in [-0.25, -0.2) is 9.48 Å². The third-order valence-corrected chi connectivity index (χ3v) is 5.22. The van der Waals surface area contributed by atoms with E-state index in [0.29, 0.717) is 49.0 Å². The Balaban J connectivity index is 1.72. The van der Waals surface area contributed by atoms with Gasteiger partial charge in [-0.2, -0.15) is 5.10 Å². The van der Waals surface area contributed by atoms with Crippen molar-refractivity contribution >= 4 is 17.8 Å². The van der Waals surface area contributed by atoms with Gasteiger partial charge in [-0.1, -0.05) is 0 Å². The molecule has 1 heterocycles. The van der Waals surface area contributed by atoms with Crippen LogP contribution < -0.4 is 0 Å². The summed E-state index contributed by atoms with van der Waals surface area (Å²) in [6, 6.07) is 7.08. The van der Waals surface area contributed by atoms with Gasteiger partial charge in [0.1, 0.15) is 5.56 Å². The van der Waals surface area contributed by atoms with Gasteiger partial charge in [0.2, 0.25) is 0 Å². The van der Waals surface area contributed by atoms with Gasteiger partial charge in [0.15, 0.2) is 0 Å². The highest BCUT2D eigenvalue weighted by atomic mass is 16.5. The number of ether oxygens (including phenoxy) is 2. The van der Waals surface area contributed by atoms with Crippen molar-refractivity contribution in [3.63, 3.8) is 0 Å². The number of rotatable bonds is 10. The Labute approximate surface area is 182 Å². The average molecular weight is 428 g/mol. The monoisotopic (exact) mass is 427 g/mol. The minimum Gasteiger partial charge on any atom is -0.466 e. The van der Waals surface area contributed by atoms with Gasteiger partial charge in [0.05, 0.1) is 37.2 Å². The van der Waals surface area contributed by atoms with Crippen molar-refractivity contribution in [2.45, 2.75) is 40.0 Å². The second kappa shape index (κ2) is 10.2. The summed E-state index contributed by atoms with van der Waals surface area (Å²) in [4.78, 5) is 38.5. The Morgan fingerprint density at radius 3 is 2.39 bits per heavy atom. The molecule has 1 aromatic heterocycles. The van der Waals surface area contributed by atoms with Gasteiger partial charge in [-0.05, 0) is 63.8 Å². The number of hydrogen-bond donors (Lipinski definition) is 0. The summed E-state index contributed by atoms with van der Waals surface area (Å²) in [5.74, 6) is -0.293. The molecule has 1 amide bonds. The molecule has 0 aliphatic heterocycles. The fraction of sp³-hybridized carbons (Fsp3) is 0.478. The number of esters is 2. The highest BCUT2D eigenvalue weighted by Gasteiger charge is 2.27. The lowest BCUT2D eigenvalue weighted by atomic mass is 10.1. The van der Waals surface area contributed by atoms with Crippen LogP contribution in [0.2, 0.25) is 0 Å². The van der Waals surface area contributed by atoms with Crippen LogP contribution >= 0.6 is 0 Å². The summed E-state index contributed by atoms with van der Waals surface area (Å²) in [6.07, 6.45) is 3.90. The van der Waals surface area contributed by atoms with Crippen LogP contribution in [-0.4, -0.2) is 58.8 Å². The summed E-state index contributed by atoms with van der Waals surface area (Å²) >= 11 is 0. The number of hydrogen-bond acceptors (Lipinski definition) is 6. The minimum atomic E-state index is -0.407. The standard InChI is InChI=1S/C23H29N3O5/c1-4-30-21(27)12-13-25(15-17-6-7-17)22(28)18-8-10-19(11-9-18)26-16(3)20(14-24-26)23(29)31-5-2/h8-11,14,17H,4-7,12-13,15H2,1-3H3. The van der Waals surface area contributed by atoms with Crippen molar-refractivity contribution in [2.75, 3.05) is 26.3 Å². The molecule has 0 saturated heterocycles. The lowest BCUT2D eigenvalue weighted by Crippen LogP contribution is -2.35. The maximum Gasteiger partial charge on any atom is 0.341 e. The molecule has 0 bridgehead atoms. The van der Waals surface area contributed by atoms with Gasteiger partial charge >= 0.3 is 11.9 Å². The summed E-state index contributed by atoms with van der Waals surface area (Å²) in [7, 11) is 0. The molecule has 2 aromatic rings. The summed E-state index contributed by atoms with van der Waals surface area (Å²) in [5, 5.41) is 4.28. The van der Waals surface area contributed by atoms with Crippen molar-refractivity contribution < 1.29 is 23.9 Å². The van der Waals surface area contributed by atoms with Crippen molar-refractivity contribution in [1.82, 2.24) is 14.7 Å². The predicted octanol–water partition coefficient (Wildman–Crippen LogP) is 3.16. The van der Waals surface area contributed by atoms with E-state index < -0.39 is 5.97 Å². The first-order chi connectivity index (χ1) is 14.9. The number of carbonyl (C=O) groups excluding carboxylic acids is 3. The van der Waals surface area contributed by atoms with E-state index >= 15 is 0 Å². The zero-order valence-corrected chi connectivity index (χ0v) is 18.3. The van der Waals surface area contributed by atoms with Crippen LogP contribution in [0.25, 0.3) is 5.69 Å². The highest BCUT2D eigenvalue weighted by Crippen LogP contribution is 2.30. The molecule has 3 rings (SSSR count). The van der Waals surface area contributed by atoms with E-state index in [-0.39, 0.29) is 18.3 Å². The molecule has 1 fully saturated rings. The Hall–Kier alpha value is -3.16. The molecule has 1 saturated carbocycles. The summed E-state index contributed by atoms with van der Waals surface area (Å²) in [6.45, 7) is 6.95. The third-order valence-electron chi connectivity index (χ3n) is 5.22. The molecule has 1 aromatic carbocycles. The molecule has 8 nitrogen and oxygen atoms in total. The zero-order valence-electron chi connectivity index (χ0n) is 18.3. The van der Waals surface area contributed by atoms with Crippen molar-refractivity contribution in [2.24, 2.45) is 5.92 Å². The smallest absolute Gasteiger partial charge is 0.341 e. The lowest BCUT2D eigenvalue weighted by Gasteiger charge is -2.22. The molecule has 31 heavy (non-hydrogen) atoms. The number of carbonyl (C=O) groups is 3. The largest absolute Gasteiger partial charge is 0.466 e. The molecule has 0 atom stereocenters. The van der Waals surface area contributed by atoms with Crippen LogP contribution in [0.3, 0.4) is 0 Å². The van der Waals surface area contributed by atoms with Crippen molar-refractivity contribution in [3.8, 4) is 5.69 Å². The molecule has 166 valence electrons. The first kappa shape index (κ1) is 22.5. The third kappa shape index (κ3) is 5.71. The molecular formula is C23H29N3O5. The number of nitrogens with zero attached hydrogens (tertiary/aromatic N) is 3. The van der Waals surface area contributed by atoms with E-state index in [9.17, 15) is 14.4 Å². The first-order valence-corrected chi connectivity index (χ1v) is 10.7. The Morgan fingerprint density at radius 2 is 1.77 bits per heavy atom. The summed E-state index contributed by atoms with van der Waals surface area (Å²) < 4.78 is 11.7. The van der Waals surface area contributed by atoms with Crippen LogP contribution in [0.1, 0.15) is 59.5 Å². The normalized spacial score (nSPS) is 13.0. The molecule has 1 aliphatic rings. The van der Waals surface area contributed by atoms with Crippen LogP contribution in [0.5, 0.6) is 0 Å². The number of amides is 1. The Morgan fingerprint density at radius 1 is 1.10 bits per heavy atom. The van der Waals surface area contributed by atoms with Gasteiger partial charge in [-0.3, -0.25) is 9.59 Å². The predicted molar refractivity (Wildman–Crippen MR) is 114 cm³/mol. The van der Waals surface area contributed by atoms with Crippen molar-refractivity contribution in [3.05, 3.63) is 47.3 Å². The van der Waals surface area contributed by atoms with E-state index in [2.05, 4.69) is 5.10 Å². The maximum absolute atomic E-state index is 13.0. The molecule has 0 radical (unpaired) electrons. The van der Waals surface area contributed by atoms with E-state index in [1.54, 1.807) is 54.6 Å². The van der Waals surface area contributed by atoms with Gasteiger partial charge in [0.25, 0.3) is 5.91 Å². The summed E-state index contributed by atoms with van der Waals surface area (Å²) in [5.41, 5.74) is 2.37. The van der Waals surface area contributed by atoms with E-state index in [1.165, 1.54) is 6.20 Å². The second-order valence-corrected chi connectivity index (χ2v) is 7.57. The van der Waals surface area contributed by atoms with Crippen LogP contribution in [0.4, 0.5) is 0 Å². The van der Waals surface area contributed by atoms with Crippen molar-refractivity contribution in [1.29, 1.82) is 0 Å². The van der Waals surface area contributed by atoms with Crippen LogP contribution in [0, 0.1) is 12.8 Å². The van der Waals surface area contributed by atoms with E-state index in [4.69, 9.17) is 9.47 Å². The van der Waals surface area contributed by atoms with E-state index in [1.807, 2.05) is 0 Å². The first-order valence-electron chi connectivity index (χ1n) is 10.7. The fourth-order valence-corrected chi connectivity index (χ4v) is 3.35. The Bertz CT molecular complexity index is 931. The number of benzene rings is 1. The molecule has 0 unspecified atom stereocenters. The van der Waals surface area contributed by atoms with E-state index in [0.717, 1.165) is 18.5 Å². The van der Waals surface area contributed by atoms with Gasteiger partial charge < -0.3 is 14.4 Å². The SMILES string of the molecule is CCOC(=O)CCN(CC1CC1)C(=O)c1ccc(-n2ncc(C(=O)OCC)c2C)cc1. The zero-order chi connectivity index (χ0) is 22.4. The molecule has 1 aliphatic carbocycles. The minimum absolute atomic E-state index is 0.104. The Kier molecular flexibility index (Phi) is 7.44. The van der Waals surface area contributed by atoms with Crippen LogP contribution in [-0.2, 0) is 14.3 Å². The molecule has 0 spiro atoms. The lowest BCUT2D eigenvalue weighted by molar-refractivity contribution is -0.143. The second-order valence-electron chi connectivity index (χ2n) is 7.57. The topological polar surface area (TPSA) is 90.7 Å². The maximum atomic E-state index is 13.0. The highest BCUT2D eigenvalue weighted by molar-refractivity contribution is 5.94. The van der Waals surface area contributed by atoms with Crippen LogP contribution in [0.15, 0.2) is 30.5 Å². The number of aromatic nitrogens is 2. The fourth-order valence-electron chi connectivity index (χ4n) is 3.35. The molecule has 8 heteroatoms. The quantitative estimate of drug-likeness (QED) is 0.541. The van der Waals surface area contributed by atoms with Gasteiger partial charge in [-0.15, -0.1) is 0 Å². The molecule has 0 N–H and O–H groups in total. The molecular weight excluding hydrogens is 398 g/mol.